The lowest BCUT2D eigenvalue weighted by atomic mass is 10.1. The van der Waals surface area contributed by atoms with Crippen LogP contribution >= 0.6 is 15.9 Å². The summed E-state index contributed by atoms with van der Waals surface area (Å²) in [6.07, 6.45) is 0.585. The van der Waals surface area contributed by atoms with Gasteiger partial charge in [-0.2, -0.15) is 0 Å². The minimum Gasteiger partial charge on any atom is -0.300 e. The minimum absolute atomic E-state index is 0.218. The van der Waals surface area contributed by atoms with Gasteiger partial charge in [-0.1, -0.05) is 41.9 Å². The zero-order valence-electron chi connectivity index (χ0n) is 12.3. The molecule has 0 N–H and O–H groups in total. The van der Waals surface area contributed by atoms with Gasteiger partial charge >= 0.3 is 0 Å². The predicted molar refractivity (Wildman–Crippen MR) is 84.6 cm³/mol. The van der Waals surface area contributed by atoms with Gasteiger partial charge < -0.3 is 4.90 Å². The molecule has 0 radical (unpaired) electrons. The van der Waals surface area contributed by atoms with Gasteiger partial charge in [0.2, 0.25) is 0 Å². The molecule has 2 nitrogen and oxygen atoms in total. The molecular weight excluding hydrogens is 302 g/mol. The van der Waals surface area contributed by atoms with E-state index in [9.17, 15) is 4.79 Å². The average Bonchev–Trinajstić information content (AvgIpc) is 2.33. The largest absolute Gasteiger partial charge is 0.300 e. The summed E-state index contributed by atoms with van der Waals surface area (Å²) in [6.45, 7) is 10.7. The summed E-state index contributed by atoms with van der Waals surface area (Å²) >= 11 is 3.40. The van der Waals surface area contributed by atoms with Crippen molar-refractivity contribution in [3.8, 4) is 0 Å². The van der Waals surface area contributed by atoms with E-state index in [1.54, 1.807) is 0 Å². The maximum absolute atomic E-state index is 12.2. The Morgan fingerprint density at radius 1 is 1.26 bits per heavy atom. The van der Waals surface area contributed by atoms with Gasteiger partial charge in [0.25, 0.3) is 0 Å². The predicted octanol–water partition coefficient (Wildman–Crippen LogP) is 4.39. The molecule has 1 aromatic rings. The SMILES string of the molecule is CC(C)CN(CCC(=O)c1cccc(Br)c1)C(C)C. The number of Topliss-reactive ketones (excluding diaryl/α,β-unsaturated/α-hetero) is 1. The van der Waals surface area contributed by atoms with Gasteiger partial charge in [-0.25, -0.2) is 0 Å². The van der Waals surface area contributed by atoms with Crippen LogP contribution in [0.2, 0.25) is 0 Å². The molecule has 0 aliphatic heterocycles. The molecule has 0 unspecified atom stereocenters. The molecule has 0 aliphatic rings. The molecule has 0 saturated carbocycles. The third-order valence-corrected chi connectivity index (χ3v) is 3.60. The molecule has 19 heavy (non-hydrogen) atoms. The number of ketones is 1. The lowest BCUT2D eigenvalue weighted by Crippen LogP contribution is -2.35. The number of hydrogen-bond donors (Lipinski definition) is 0. The van der Waals surface area contributed by atoms with Gasteiger partial charge in [0.15, 0.2) is 5.78 Å². The maximum atomic E-state index is 12.2. The standard InChI is InChI=1S/C16H24BrNO/c1-12(2)11-18(13(3)4)9-8-16(19)14-6-5-7-15(17)10-14/h5-7,10,12-13H,8-9,11H2,1-4H3. The number of carbonyl (C=O) groups excluding carboxylic acids is 1. The minimum atomic E-state index is 0.218. The fourth-order valence-corrected chi connectivity index (χ4v) is 2.48. The summed E-state index contributed by atoms with van der Waals surface area (Å²) < 4.78 is 0.959. The highest BCUT2D eigenvalue weighted by atomic mass is 79.9. The molecule has 0 fully saturated rings. The molecule has 1 aromatic carbocycles. The fourth-order valence-electron chi connectivity index (χ4n) is 2.08. The molecule has 0 bridgehead atoms. The highest BCUT2D eigenvalue weighted by molar-refractivity contribution is 9.10. The van der Waals surface area contributed by atoms with Crippen molar-refractivity contribution in [3.05, 3.63) is 34.3 Å². The van der Waals surface area contributed by atoms with E-state index in [-0.39, 0.29) is 5.78 Å². The Kier molecular flexibility index (Phi) is 6.73. The second kappa shape index (κ2) is 7.81. The number of rotatable bonds is 7. The number of benzene rings is 1. The summed E-state index contributed by atoms with van der Waals surface area (Å²) in [5, 5.41) is 0. The molecule has 0 saturated heterocycles. The summed E-state index contributed by atoms with van der Waals surface area (Å²) in [6, 6.07) is 8.11. The van der Waals surface area contributed by atoms with Crippen LogP contribution in [0.25, 0.3) is 0 Å². The molecule has 0 atom stereocenters. The average molecular weight is 326 g/mol. The van der Waals surface area contributed by atoms with Crippen LogP contribution in [-0.4, -0.2) is 29.8 Å². The number of halogens is 1. The van der Waals surface area contributed by atoms with Crippen molar-refractivity contribution in [2.45, 2.75) is 40.2 Å². The third-order valence-electron chi connectivity index (χ3n) is 3.10. The molecule has 1 rings (SSSR count). The van der Waals surface area contributed by atoms with E-state index in [2.05, 4.69) is 48.5 Å². The second-order valence-corrected chi connectivity index (χ2v) is 6.58. The normalized spacial score (nSPS) is 11.6. The zero-order valence-corrected chi connectivity index (χ0v) is 13.9. The first-order valence-corrected chi connectivity index (χ1v) is 7.72. The Bertz CT molecular complexity index is 415. The zero-order chi connectivity index (χ0) is 14.4. The lowest BCUT2D eigenvalue weighted by molar-refractivity contribution is 0.0950. The van der Waals surface area contributed by atoms with Crippen molar-refractivity contribution in [1.82, 2.24) is 4.90 Å². The van der Waals surface area contributed by atoms with E-state index in [1.807, 2.05) is 24.3 Å². The summed E-state index contributed by atoms with van der Waals surface area (Å²) in [5.74, 6) is 0.846. The number of carbonyl (C=O) groups is 1. The molecule has 3 heteroatoms. The smallest absolute Gasteiger partial charge is 0.164 e. The van der Waals surface area contributed by atoms with E-state index < -0.39 is 0 Å². The van der Waals surface area contributed by atoms with Gasteiger partial charge in [-0.05, 0) is 31.9 Å². The van der Waals surface area contributed by atoms with Crippen LogP contribution in [0.4, 0.5) is 0 Å². The summed E-state index contributed by atoms with van der Waals surface area (Å²) in [7, 11) is 0. The quantitative estimate of drug-likeness (QED) is 0.693. The van der Waals surface area contributed by atoms with Crippen LogP contribution in [0.3, 0.4) is 0 Å². The molecule has 0 spiro atoms. The Balaban J connectivity index is 2.57. The van der Waals surface area contributed by atoms with Crippen LogP contribution in [0, 0.1) is 5.92 Å². The molecule has 0 amide bonds. The van der Waals surface area contributed by atoms with Crippen molar-refractivity contribution in [2.24, 2.45) is 5.92 Å². The maximum Gasteiger partial charge on any atom is 0.164 e. The van der Waals surface area contributed by atoms with E-state index in [0.29, 0.717) is 18.4 Å². The van der Waals surface area contributed by atoms with Gasteiger partial charge in [-0.3, -0.25) is 4.79 Å². The first-order valence-electron chi connectivity index (χ1n) is 6.93. The number of nitrogens with zero attached hydrogens (tertiary/aromatic N) is 1. The Morgan fingerprint density at radius 3 is 2.47 bits per heavy atom. The molecule has 0 aromatic heterocycles. The lowest BCUT2D eigenvalue weighted by Gasteiger charge is -2.27. The van der Waals surface area contributed by atoms with E-state index in [1.165, 1.54) is 0 Å². The van der Waals surface area contributed by atoms with Crippen LogP contribution in [0.5, 0.6) is 0 Å². The Morgan fingerprint density at radius 2 is 1.95 bits per heavy atom. The molecule has 106 valence electrons. The highest BCUT2D eigenvalue weighted by Gasteiger charge is 2.14. The number of hydrogen-bond acceptors (Lipinski definition) is 2. The Labute approximate surface area is 125 Å². The van der Waals surface area contributed by atoms with Gasteiger partial charge in [0.1, 0.15) is 0 Å². The van der Waals surface area contributed by atoms with Crippen molar-refractivity contribution in [1.29, 1.82) is 0 Å². The van der Waals surface area contributed by atoms with Crippen molar-refractivity contribution in [2.75, 3.05) is 13.1 Å². The first kappa shape index (κ1) is 16.4. The van der Waals surface area contributed by atoms with E-state index in [4.69, 9.17) is 0 Å². The van der Waals surface area contributed by atoms with Crippen LogP contribution in [0.15, 0.2) is 28.7 Å². The van der Waals surface area contributed by atoms with E-state index >= 15 is 0 Å². The second-order valence-electron chi connectivity index (χ2n) is 5.67. The molecular formula is C16H24BrNO. The highest BCUT2D eigenvalue weighted by Crippen LogP contribution is 2.14. The van der Waals surface area contributed by atoms with E-state index in [0.717, 1.165) is 23.1 Å². The van der Waals surface area contributed by atoms with Crippen LogP contribution < -0.4 is 0 Å². The van der Waals surface area contributed by atoms with Crippen LogP contribution in [0.1, 0.15) is 44.5 Å². The third kappa shape index (κ3) is 5.87. The monoisotopic (exact) mass is 325 g/mol. The summed E-state index contributed by atoms with van der Waals surface area (Å²) in [5.41, 5.74) is 0.794. The topological polar surface area (TPSA) is 20.3 Å². The van der Waals surface area contributed by atoms with Crippen LogP contribution in [-0.2, 0) is 0 Å². The van der Waals surface area contributed by atoms with Crippen molar-refractivity contribution >= 4 is 21.7 Å². The summed E-state index contributed by atoms with van der Waals surface area (Å²) in [4.78, 5) is 14.5. The first-order chi connectivity index (χ1) is 8.90. The van der Waals surface area contributed by atoms with Gasteiger partial charge in [0, 0.05) is 35.6 Å². The van der Waals surface area contributed by atoms with Gasteiger partial charge in [-0.15, -0.1) is 0 Å². The fraction of sp³-hybridized carbons (Fsp3) is 0.562. The molecule has 0 heterocycles. The molecule has 0 aliphatic carbocycles. The van der Waals surface area contributed by atoms with Gasteiger partial charge in [0.05, 0.1) is 0 Å². The Hall–Kier alpha value is -0.670. The van der Waals surface area contributed by atoms with Crippen molar-refractivity contribution < 1.29 is 4.79 Å². The van der Waals surface area contributed by atoms with Crippen molar-refractivity contribution in [3.63, 3.8) is 0 Å².